The molecule has 10 rings (SSSR count). The van der Waals surface area contributed by atoms with E-state index in [2.05, 4.69) is 64.8 Å². The van der Waals surface area contributed by atoms with Gasteiger partial charge in [0.1, 0.15) is 23.1 Å². The molecule has 364 valence electrons. The van der Waals surface area contributed by atoms with E-state index in [1.165, 1.54) is 12.3 Å². The number of benzene rings is 3. The number of anilines is 1. The maximum Gasteiger partial charge on any atom is 0.401 e. The van der Waals surface area contributed by atoms with E-state index in [-0.39, 0.29) is 53.6 Å². The Bertz CT molecular complexity index is 3100. The minimum absolute atomic E-state index is 0.00359. The summed E-state index contributed by atoms with van der Waals surface area (Å²) in [5.41, 5.74) is 3.96. The Morgan fingerprint density at radius 1 is 0.843 bits per heavy atom. The first-order valence-electron chi connectivity index (χ1n) is 23.3. The van der Waals surface area contributed by atoms with Crippen LogP contribution in [0.3, 0.4) is 0 Å². The Kier molecular flexibility index (Phi) is 11.7. The number of rotatable bonds is 10. The SMILES string of the molecule is Cc1cc(-c2ccc3c(c2)c(C)nn3C2CCN(C3CCN(c4cc5c(cc4F)C(=O)N(C4CCC(=O)NC4=O)C5=O)CC3)CC2)ccc1-n1cc(C(=O)NCc2nc(C(C)(C)C(F)(F)F)n[nH]2)cn1. The number of fused-ring (bicyclic) bond motifs is 2. The van der Waals surface area contributed by atoms with Crippen LogP contribution in [0.4, 0.5) is 23.2 Å². The molecule has 21 heteroatoms. The van der Waals surface area contributed by atoms with Gasteiger partial charge < -0.3 is 15.1 Å². The van der Waals surface area contributed by atoms with E-state index in [9.17, 15) is 37.1 Å². The number of aryl methyl sites for hydroxylation is 2. The number of carbonyl (C=O) groups excluding carboxylic acids is 5. The molecule has 3 aromatic heterocycles. The minimum atomic E-state index is -4.54. The van der Waals surface area contributed by atoms with Crippen LogP contribution < -0.4 is 15.5 Å². The maximum atomic E-state index is 15.6. The van der Waals surface area contributed by atoms with E-state index < -0.39 is 58.8 Å². The van der Waals surface area contributed by atoms with Crippen LogP contribution in [0.25, 0.3) is 27.7 Å². The van der Waals surface area contributed by atoms with Crippen LogP contribution in [0.1, 0.15) is 112 Å². The number of likely N-dealkylation sites (tertiary alicyclic amines) is 1. The highest BCUT2D eigenvalue weighted by Gasteiger charge is 2.51. The van der Waals surface area contributed by atoms with Gasteiger partial charge in [-0.1, -0.05) is 12.1 Å². The van der Waals surface area contributed by atoms with Crippen molar-refractivity contribution in [1.82, 2.24) is 55.2 Å². The first-order chi connectivity index (χ1) is 33.4. The zero-order chi connectivity index (χ0) is 49.4. The predicted molar refractivity (Wildman–Crippen MR) is 247 cm³/mol. The van der Waals surface area contributed by atoms with E-state index in [1.54, 1.807) is 10.9 Å². The number of amides is 5. The van der Waals surface area contributed by atoms with E-state index in [0.29, 0.717) is 19.1 Å². The van der Waals surface area contributed by atoms with Crippen molar-refractivity contribution < 1.29 is 41.5 Å². The smallest absolute Gasteiger partial charge is 0.369 e. The Morgan fingerprint density at radius 3 is 2.23 bits per heavy atom. The number of hydrogen-bond donors (Lipinski definition) is 3. The number of piperidine rings is 3. The molecule has 0 bridgehead atoms. The Morgan fingerprint density at radius 2 is 1.53 bits per heavy atom. The molecule has 70 heavy (non-hydrogen) atoms. The van der Waals surface area contributed by atoms with Gasteiger partial charge in [-0.2, -0.15) is 28.5 Å². The summed E-state index contributed by atoms with van der Waals surface area (Å²) in [5.74, 6) is -3.95. The van der Waals surface area contributed by atoms with Crippen molar-refractivity contribution in [1.29, 1.82) is 0 Å². The minimum Gasteiger partial charge on any atom is -0.369 e. The van der Waals surface area contributed by atoms with Gasteiger partial charge >= 0.3 is 6.18 Å². The molecule has 3 fully saturated rings. The summed E-state index contributed by atoms with van der Waals surface area (Å²) in [4.78, 5) is 73.0. The summed E-state index contributed by atoms with van der Waals surface area (Å²) < 4.78 is 59.7. The first kappa shape index (κ1) is 46.4. The highest BCUT2D eigenvalue weighted by molar-refractivity contribution is 6.23. The topological polar surface area (TPSA) is 196 Å². The fourth-order valence-corrected chi connectivity index (χ4v) is 10.2. The van der Waals surface area contributed by atoms with E-state index in [4.69, 9.17) is 5.10 Å². The van der Waals surface area contributed by atoms with E-state index >= 15 is 4.39 Å². The molecule has 0 spiro atoms. The quantitative estimate of drug-likeness (QED) is 0.104. The van der Waals surface area contributed by atoms with Crippen molar-refractivity contribution in [2.24, 2.45) is 0 Å². The van der Waals surface area contributed by atoms with Gasteiger partial charge in [-0.15, -0.1) is 0 Å². The second kappa shape index (κ2) is 17.6. The molecule has 7 heterocycles. The number of alkyl halides is 3. The van der Waals surface area contributed by atoms with Crippen LogP contribution in [0.5, 0.6) is 0 Å². The average molecular weight is 963 g/mol. The Balaban J connectivity index is 0.739. The normalized spacial score (nSPS) is 18.8. The molecule has 3 saturated heterocycles. The molecule has 5 amide bonds. The van der Waals surface area contributed by atoms with Crippen molar-refractivity contribution in [3.05, 3.63) is 106 Å². The molecular weight excluding hydrogens is 913 g/mol. The number of imide groups is 2. The van der Waals surface area contributed by atoms with Crippen molar-refractivity contribution in [3.63, 3.8) is 0 Å². The monoisotopic (exact) mass is 962 g/mol. The lowest BCUT2D eigenvalue weighted by Gasteiger charge is -2.42. The van der Waals surface area contributed by atoms with Gasteiger partial charge in [-0.3, -0.25) is 44.0 Å². The number of hydrogen-bond acceptors (Lipinski definition) is 11. The summed E-state index contributed by atoms with van der Waals surface area (Å²) in [5, 5.41) is 21.5. The summed E-state index contributed by atoms with van der Waals surface area (Å²) in [6, 6.07) is 14.3. The molecule has 3 aromatic carbocycles. The molecule has 0 radical (unpaired) electrons. The van der Waals surface area contributed by atoms with Crippen molar-refractivity contribution in [2.75, 3.05) is 31.1 Å². The zero-order valence-electron chi connectivity index (χ0n) is 38.9. The van der Waals surface area contributed by atoms with Crippen LogP contribution in [-0.4, -0.2) is 119 Å². The van der Waals surface area contributed by atoms with Crippen LogP contribution in [0, 0.1) is 19.7 Å². The van der Waals surface area contributed by atoms with Gasteiger partial charge in [0.25, 0.3) is 17.7 Å². The van der Waals surface area contributed by atoms with Gasteiger partial charge in [0.15, 0.2) is 5.82 Å². The van der Waals surface area contributed by atoms with Gasteiger partial charge in [0.05, 0.1) is 58.1 Å². The lowest BCUT2D eigenvalue weighted by molar-refractivity contribution is -0.182. The molecule has 3 N–H and O–H groups in total. The number of carbonyl (C=O) groups is 5. The van der Waals surface area contributed by atoms with Crippen molar-refractivity contribution >= 4 is 46.1 Å². The van der Waals surface area contributed by atoms with Gasteiger partial charge in [-0.05, 0) is 113 Å². The van der Waals surface area contributed by atoms with Gasteiger partial charge in [0, 0.05) is 50.2 Å². The summed E-state index contributed by atoms with van der Waals surface area (Å²) in [6.07, 6.45) is 1.93. The number of aromatic nitrogens is 7. The number of nitrogens with zero attached hydrogens (tertiary/aromatic N) is 9. The molecule has 17 nitrogen and oxygen atoms in total. The maximum absolute atomic E-state index is 15.6. The van der Waals surface area contributed by atoms with Crippen LogP contribution >= 0.6 is 0 Å². The van der Waals surface area contributed by atoms with Crippen molar-refractivity contribution in [2.45, 2.75) is 102 Å². The highest BCUT2D eigenvalue weighted by Crippen LogP contribution is 2.39. The van der Waals surface area contributed by atoms with Crippen LogP contribution in [0.15, 0.2) is 60.9 Å². The largest absolute Gasteiger partial charge is 0.401 e. The molecule has 0 aliphatic carbocycles. The third-order valence-electron chi connectivity index (χ3n) is 14.4. The Labute approximate surface area is 398 Å². The third kappa shape index (κ3) is 8.28. The fraction of sp³-hybridized carbons (Fsp3) is 0.408. The number of halogens is 4. The lowest BCUT2D eigenvalue weighted by Crippen LogP contribution is -2.54. The van der Waals surface area contributed by atoms with Gasteiger partial charge in [-0.25, -0.2) is 14.1 Å². The van der Waals surface area contributed by atoms with E-state index in [0.717, 1.165) is 103 Å². The zero-order valence-corrected chi connectivity index (χ0v) is 38.9. The second-order valence-electron chi connectivity index (χ2n) is 19.1. The Hall–Kier alpha value is -7.29. The molecule has 6 aromatic rings. The standard InChI is InChI=1S/C49H50F4N12O5/c1-26-19-28(5-7-37(26)63-25-30(23-55-63)43(67)54-24-41-56-47(59-58-41)48(3,4)49(51,52)53)29-6-8-38-33(20-29)27(2)60-65(38)32-13-15-61(16-14-32)31-11-17-62(18-12-31)40-22-35-34(21-36(40)50)45(69)64(46(35)70)39-9-10-42(66)57-44(39)68/h5-8,19-23,25,31-32,39H,9-18,24H2,1-4H3,(H,54,67)(H,56,58,59)(H,57,66,68). The van der Waals surface area contributed by atoms with Crippen molar-refractivity contribution in [3.8, 4) is 16.8 Å². The average Bonchev–Trinajstić information content (AvgIpc) is 4.14. The third-order valence-corrected chi connectivity index (χ3v) is 14.4. The summed E-state index contributed by atoms with van der Waals surface area (Å²) >= 11 is 0. The molecule has 4 aliphatic heterocycles. The number of aromatic amines is 1. The summed E-state index contributed by atoms with van der Waals surface area (Å²) in [6.45, 7) is 8.74. The fourth-order valence-electron chi connectivity index (χ4n) is 10.2. The molecule has 0 saturated carbocycles. The van der Waals surface area contributed by atoms with Crippen LogP contribution in [0.2, 0.25) is 0 Å². The lowest BCUT2D eigenvalue weighted by atomic mass is 9.92. The molecule has 1 unspecified atom stereocenters. The second-order valence-corrected chi connectivity index (χ2v) is 19.1. The molecule has 4 aliphatic rings. The summed E-state index contributed by atoms with van der Waals surface area (Å²) in [7, 11) is 0. The predicted octanol–water partition coefficient (Wildman–Crippen LogP) is 6.24. The van der Waals surface area contributed by atoms with Crippen LogP contribution in [-0.2, 0) is 21.5 Å². The van der Waals surface area contributed by atoms with E-state index in [1.807, 2.05) is 30.9 Å². The van der Waals surface area contributed by atoms with Gasteiger partial charge in [0.2, 0.25) is 11.8 Å². The highest BCUT2D eigenvalue weighted by atomic mass is 19.4. The molecule has 1 atom stereocenters. The number of nitrogens with one attached hydrogen (secondary N) is 3. The molecular formula is C49H50F4N12O5. The first-order valence-corrected chi connectivity index (χ1v) is 23.3. The number of H-pyrrole nitrogens is 1.